The molecule has 2 amide bonds. The maximum absolute atomic E-state index is 12.4. The lowest BCUT2D eigenvalue weighted by molar-refractivity contribution is -0.115. The molecule has 0 spiro atoms. The first-order valence-corrected chi connectivity index (χ1v) is 9.02. The minimum absolute atomic E-state index is 0.146. The number of nitrogen functional groups attached to an aromatic ring is 1. The number of anilines is 2. The van der Waals surface area contributed by atoms with Crippen LogP contribution in [-0.4, -0.2) is 31.9 Å². The van der Waals surface area contributed by atoms with Crippen molar-refractivity contribution in [3.05, 3.63) is 30.1 Å². The monoisotopic (exact) mass is 376 g/mol. The van der Waals surface area contributed by atoms with Crippen LogP contribution in [0.2, 0.25) is 0 Å². The number of carbonyl (C=O) groups excluding carboxylic acids is 2. The summed E-state index contributed by atoms with van der Waals surface area (Å²) in [6, 6.07) is 6.90. The normalized spacial score (nSPS) is 12.5. The van der Waals surface area contributed by atoms with Crippen molar-refractivity contribution in [2.45, 2.75) is 50.4 Å². The second-order valence-electron chi connectivity index (χ2n) is 6.93. The van der Waals surface area contributed by atoms with Gasteiger partial charge >= 0.3 is 0 Å². The Labute approximate surface area is 156 Å². The summed E-state index contributed by atoms with van der Waals surface area (Å²) in [5.74, 6) is 6.38. The molecule has 140 valence electrons. The molecule has 2 aromatic rings. The van der Waals surface area contributed by atoms with Gasteiger partial charge in [0, 0.05) is 23.7 Å². The average Bonchev–Trinajstić information content (AvgIpc) is 2.89. The standard InChI is InChI=1S/C17H24N6O2S/c1-10(26-16-22-21-15(23(16)18)17(3,4)5)14(25)20-13-8-6-12(7-9-13)19-11(2)24/h6-10H,18H2,1-5H3,(H,19,24)(H,20,25)/t10-/m1/s1. The molecule has 26 heavy (non-hydrogen) atoms. The van der Waals surface area contributed by atoms with Gasteiger partial charge in [-0.3, -0.25) is 9.59 Å². The molecular formula is C17H24N6O2S. The van der Waals surface area contributed by atoms with Gasteiger partial charge in [-0.1, -0.05) is 32.5 Å². The second kappa shape index (κ2) is 7.77. The predicted molar refractivity (Wildman–Crippen MR) is 104 cm³/mol. The van der Waals surface area contributed by atoms with E-state index in [-0.39, 0.29) is 17.2 Å². The molecule has 0 unspecified atom stereocenters. The summed E-state index contributed by atoms with van der Waals surface area (Å²) in [6.45, 7) is 9.20. The van der Waals surface area contributed by atoms with Crippen molar-refractivity contribution in [3.8, 4) is 0 Å². The molecule has 1 aromatic carbocycles. The van der Waals surface area contributed by atoms with E-state index in [1.165, 1.54) is 23.4 Å². The molecule has 0 aliphatic heterocycles. The average molecular weight is 376 g/mol. The van der Waals surface area contributed by atoms with E-state index >= 15 is 0 Å². The number of aromatic nitrogens is 3. The van der Waals surface area contributed by atoms with E-state index in [9.17, 15) is 9.59 Å². The Morgan fingerprint density at radius 1 is 1.12 bits per heavy atom. The maximum atomic E-state index is 12.4. The summed E-state index contributed by atoms with van der Waals surface area (Å²) in [6.07, 6.45) is 0. The van der Waals surface area contributed by atoms with Crippen molar-refractivity contribution in [2.24, 2.45) is 0 Å². The molecular weight excluding hydrogens is 352 g/mol. The third kappa shape index (κ3) is 4.98. The minimum atomic E-state index is -0.413. The molecule has 9 heteroatoms. The third-order valence-corrected chi connectivity index (χ3v) is 4.52. The van der Waals surface area contributed by atoms with E-state index in [0.29, 0.717) is 22.4 Å². The molecule has 1 heterocycles. The van der Waals surface area contributed by atoms with Crippen LogP contribution in [0.25, 0.3) is 0 Å². The van der Waals surface area contributed by atoms with Crippen LogP contribution in [-0.2, 0) is 15.0 Å². The number of nitrogens with one attached hydrogen (secondary N) is 2. The molecule has 0 aliphatic rings. The van der Waals surface area contributed by atoms with Crippen LogP contribution in [0.3, 0.4) is 0 Å². The molecule has 2 rings (SSSR count). The van der Waals surface area contributed by atoms with Crippen LogP contribution in [0, 0.1) is 0 Å². The highest BCUT2D eigenvalue weighted by Crippen LogP contribution is 2.26. The number of amides is 2. The fourth-order valence-electron chi connectivity index (χ4n) is 2.16. The Kier molecular flexibility index (Phi) is 5.91. The van der Waals surface area contributed by atoms with Crippen LogP contribution < -0.4 is 16.5 Å². The van der Waals surface area contributed by atoms with Gasteiger partial charge in [-0.15, -0.1) is 10.2 Å². The summed E-state index contributed by atoms with van der Waals surface area (Å²) in [4.78, 5) is 23.4. The van der Waals surface area contributed by atoms with Crippen LogP contribution in [0.4, 0.5) is 11.4 Å². The van der Waals surface area contributed by atoms with Crippen LogP contribution in [0.5, 0.6) is 0 Å². The Bertz CT molecular complexity index is 795. The van der Waals surface area contributed by atoms with Gasteiger partial charge in [0.15, 0.2) is 5.82 Å². The van der Waals surface area contributed by atoms with Crippen molar-refractivity contribution >= 4 is 35.0 Å². The number of nitrogens with two attached hydrogens (primary N) is 1. The highest BCUT2D eigenvalue weighted by Gasteiger charge is 2.25. The van der Waals surface area contributed by atoms with E-state index in [1.54, 1.807) is 31.2 Å². The lowest BCUT2D eigenvalue weighted by Gasteiger charge is -2.17. The molecule has 4 N–H and O–H groups in total. The van der Waals surface area contributed by atoms with Gasteiger partial charge in [0.1, 0.15) is 0 Å². The van der Waals surface area contributed by atoms with Crippen molar-refractivity contribution in [1.82, 2.24) is 14.9 Å². The number of benzene rings is 1. The topological polar surface area (TPSA) is 115 Å². The van der Waals surface area contributed by atoms with Crippen LogP contribution >= 0.6 is 11.8 Å². The van der Waals surface area contributed by atoms with Gasteiger partial charge in [0.05, 0.1) is 5.25 Å². The molecule has 0 radical (unpaired) electrons. The van der Waals surface area contributed by atoms with Crippen LogP contribution in [0.1, 0.15) is 40.4 Å². The van der Waals surface area contributed by atoms with Crippen LogP contribution in [0.15, 0.2) is 29.4 Å². The predicted octanol–water partition coefficient (Wildman–Crippen LogP) is 2.37. The van der Waals surface area contributed by atoms with Gasteiger partial charge in [0.25, 0.3) is 0 Å². The molecule has 8 nitrogen and oxygen atoms in total. The van der Waals surface area contributed by atoms with Crippen molar-refractivity contribution < 1.29 is 9.59 Å². The number of hydrogen-bond acceptors (Lipinski definition) is 6. The summed E-state index contributed by atoms with van der Waals surface area (Å²) < 4.78 is 1.43. The molecule has 1 aromatic heterocycles. The zero-order valence-electron chi connectivity index (χ0n) is 15.5. The number of thioether (sulfide) groups is 1. The molecule has 0 aliphatic carbocycles. The van der Waals surface area contributed by atoms with E-state index in [0.717, 1.165) is 0 Å². The molecule has 0 saturated heterocycles. The number of carbonyl (C=O) groups is 2. The van der Waals surface area contributed by atoms with Crippen molar-refractivity contribution in [1.29, 1.82) is 0 Å². The maximum Gasteiger partial charge on any atom is 0.237 e. The highest BCUT2D eigenvalue weighted by molar-refractivity contribution is 8.00. The summed E-state index contributed by atoms with van der Waals surface area (Å²) in [5, 5.41) is 13.8. The SMILES string of the molecule is CC(=O)Nc1ccc(NC(=O)[C@@H](C)Sc2nnc(C(C)(C)C)n2N)cc1. The van der Waals surface area contributed by atoms with E-state index in [4.69, 9.17) is 5.84 Å². The summed E-state index contributed by atoms with van der Waals surface area (Å²) in [7, 11) is 0. The second-order valence-corrected chi connectivity index (χ2v) is 8.24. The van der Waals surface area contributed by atoms with E-state index < -0.39 is 5.25 Å². The minimum Gasteiger partial charge on any atom is -0.336 e. The fourth-order valence-corrected chi connectivity index (χ4v) is 2.93. The first-order valence-electron chi connectivity index (χ1n) is 8.14. The van der Waals surface area contributed by atoms with E-state index in [2.05, 4.69) is 20.8 Å². The smallest absolute Gasteiger partial charge is 0.237 e. The molecule has 0 saturated carbocycles. The fraction of sp³-hybridized carbons (Fsp3) is 0.412. The largest absolute Gasteiger partial charge is 0.336 e. The zero-order chi connectivity index (χ0) is 19.5. The zero-order valence-corrected chi connectivity index (χ0v) is 16.3. The number of rotatable bonds is 5. The quantitative estimate of drug-likeness (QED) is 0.545. The Morgan fingerprint density at radius 3 is 2.12 bits per heavy atom. The summed E-state index contributed by atoms with van der Waals surface area (Å²) in [5.41, 5.74) is 1.08. The van der Waals surface area contributed by atoms with Gasteiger partial charge in [0.2, 0.25) is 17.0 Å². The lowest BCUT2D eigenvalue weighted by Crippen LogP contribution is -2.26. The Morgan fingerprint density at radius 2 is 1.65 bits per heavy atom. The number of hydrogen-bond donors (Lipinski definition) is 3. The molecule has 0 fully saturated rings. The van der Waals surface area contributed by atoms with Gasteiger partial charge in [-0.2, -0.15) is 0 Å². The van der Waals surface area contributed by atoms with Crippen molar-refractivity contribution in [3.63, 3.8) is 0 Å². The third-order valence-electron chi connectivity index (χ3n) is 3.46. The van der Waals surface area contributed by atoms with Crippen molar-refractivity contribution in [2.75, 3.05) is 16.5 Å². The van der Waals surface area contributed by atoms with E-state index in [1.807, 2.05) is 20.8 Å². The lowest BCUT2D eigenvalue weighted by atomic mass is 9.96. The number of nitrogens with zero attached hydrogens (tertiary/aromatic N) is 3. The highest BCUT2D eigenvalue weighted by atomic mass is 32.2. The Balaban J connectivity index is 2.00. The molecule has 1 atom stereocenters. The van der Waals surface area contributed by atoms with Gasteiger partial charge in [-0.05, 0) is 31.2 Å². The first-order chi connectivity index (χ1) is 12.1. The summed E-state index contributed by atoms with van der Waals surface area (Å²) >= 11 is 1.24. The molecule has 0 bridgehead atoms. The Hall–Kier alpha value is -2.55. The van der Waals surface area contributed by atoms with Gasteiger partial charge < -0.3 is 16.5 Å². The first kappa shape index (κ1) is 19.8. The van der Waals surface area contributed by atoms with Gasteiger partial charge in [-0.25, -0.2) is 4.68 Å².